The Bertz CT molecular complexity index is 760. The van der Waals surface area contributed by atoms with Crippen molar-refractivity contribution in [3.63, 3.8) is 0 Å². The third kappa shape index (κ3) is 6.34. The van der Waals surface area contributed by atoms with E-state index in [2.05, 4.69) is 31.5 Å². The molecular formula is C19H23BrN4O2S. The average Bonchev–Trinajstić information content (AvgIpc) is 3.11. The van der Waals surface area contributed by atoms with Crippen LogP contribution in [0.3, 0.4) is 0 Å². The van der Waals surface area contributed by atoms with Crippen LogP contribution in [0, 0.1) is 0 Å². The van der Waals surface area contributed by atoms with Gasteiger partial charge in [0, 0.05) is 37.6 Å². The second-order valence-corrected chi connectivity index (χ2v) is 8.94. The Hall–Kier alpha value is -1.90. The summed E-state index contributed by atoms with van der Waals surface area (Å²) >= 11 is 5.04. The highest BCUT2D eigenvalue weighted by atomic mass is 79.9. The number of thiophene rings is 1. The second kappa shape index (κ2) is 9.87. The maximum atomic E-state index is 12.3. The van der Waals surface area contributed by atoms with Crippen molar-refractivity contribution in [3.8, 4) is 0 Å². The highest BCUT2D eigenvalue weighted by Crippen LogP contribution is 2.21. The van der Waals surface area contributed by atoms with Gasteiger partial charge in [0.25, 0.3) is 0 Å². The van der Waals surface area contributed by atoms with Gasteiger partial charge in [-0.2, -0.15) is 0 Å². The lowest BCUT2D eigenvalue weighted by atomic mass is 10.2. The first-order valence-corrected chi connectivity index (χ1v) is 10.5. The van der Waals surface area contributed by atoms with Gasteiger partial charge in [0.1, 0.15) is 0 Å². The lowest BCUT2D eigenvalue weighted by molar-refractivity contribution is -0.122. The van der Waals surface area contributed by atoms with Crippen LogP contribution in [0.25, 0.3) is 0 Å². The van der Waals surface area contributed by atoms with Gasteiger partial charge in [0.15, 0.2) is 0 Å². The maximum absolute atomic E-state index is 12.3. The molecule has 3 rings (SSSR count). The molecule has 1 aromatic heterocycles. The summed E-state index contributed by atoms with van der Waals surface area (Å²) in [6.07, 6.45) is 0. The lowest BCUT2D eigenvalue weighted by Crippen LogP contribution is -2.53. The van der Waals surface area contributed by atoms with E-state index in [0.29, 0.717) is 45.8 Å². The van der Waals surface area contributed by atoms with E-state index in [4.69, 9.17) is 0 Å². The molecular weight excluding hydrogens is 428 g/mol. The monoisotopic (exact) mass is 450 g/mol. The number of amides is 3. The molecule has 2 N–H and O–H groups in total. The summed E-state index contributed by atoms with van der Waals surface area (Å²) in [5.41, 5.74) is 1.09. The lowest BCUT2D eigenvalue weighted by Gasteiger charge is -2.34. The van der Waals surface area contributed by atoms with Gasteiger partial charge in [0.05, 0.1) is 16.9 Å². The zero-order valence-corrected chi connectivity index (χ0v) is 17.4. The van der Waals surface area contributed by atoms with Gasteiger partial charge in [-0.05, 0) is 33.6 Å². The molecule has 0 spiro atoms. The van der Waals surface area contributed by atoms with E-state index < -0.39 is 0 Å². The van der Waals surface area contributed by atoms with Crippen LogP contribution in [0.2, 0.25) is 0 Å². The summed E-state index contributed by atoms with van der Waals surface area (Å²) in [7, 11) is 0. The fraction of sp³-hybridized carbons (Fsp3) is 0.368. The minimum Gasteiger partial charge on any atom is -0.351 e. The first-order valence-electron chi connectivity index (χ1n) is 8.90. The van der Waals surface area contributed by atoms with Crippen LogP contribution in [0.1, 0.15) is 10.4 Å². The third-order valence-electron chi connectivity index (χ3n) is 4.40. The Labute approximate surface area is 171 Å². The predicted molar refractivity (Wildman–Crippen MR) is 111 cm³/mol. The normalized spacial score (nSPS) is 14.8. The standard InChI is InChI=1S/C19H23BrN4O2S/c20-17-7-6-16(27-17)13-22-19(26)24-10-8-23(9-11-24)14-18(25)21-12-15-4-2-1-3-5-15/h1-7H,8-14H2,(H,21,25)(H,22,26). The van der Waals surface area contributed by atoms with E-state index in [1.807, 2.05) is 42.5 Å². The molecule has 144 valence electrons. The number of benzene rings is 1. The van der Waals surface area contributed by atoms with E-state index in [-0.39, 0.29) is 11.9 Å². The number of hydrogen-bond acceptors (Lipinski definition) is 4. The summed E-state index contributed by atoms with van der Waals surface area (Å²) in [4.78, 5) is 29.4. The summed E-state index contributed by atoms with van der Waals surface area (Å²) < 4.78 is 1.06. The highest BCUT2D eigenvalue weighted by Gasteiger charge is 2.22. The molecule has 0 atom stereocenters. The van der Waals surface area contributed by atoms with Crippen LogP contribution in [-0.4, -0.2) is 54.5 Å². The largest absolute Gasteiger partial charge is 0.351 e. The van der Waals surface area contributed by atoms with Crippen LogP contribution >= 0.6 is 27.3 Å². The van der Waals surface area contributed by atoms with Crippen molar-refractivity contribution in [2.75, 3.05) is 32.7 Å². The van der Waals surface area contributed by atoms with Gasteiger partial charge in [-0.25, -0.2) is 4.79 Å². The van der Waals surface area contributed by atoms with Gasteiger partial charge in [-0.3, -0.25) is 9.69 Å². The van der Waals surface area contributed by atoms with Gasteiger partial charge < -0.3 is 15.5 Å². The molecule has 8 heteroatoms. The maximum Gasteiger partial charge on any atom is 0.317 e. The van der Waals surface area contributed by atoms with Crippen LogP contribution in [0.15, 0.2) is 46.3 Å². The first kappa shape index (κ1) is 19.9. The molecule has 0 saturated carbocycles. The summed E-state index contributed by atoms with van der Waals surface area (Å²) in [6, 6.07) is 13.8. The SMILES string of the molecule is O=C(CN1CCN(C(=O)NCc2ccc(Br)s2)CC1)NCc1ccccc1. The van der Waals surface area contributed by atoms with E-state index in [9.17, 15) is 9.59 Å². The molecule has 3 amide bonds. The number of urea groups is 1. The Morgan fingerprint density at radius 1 is 0.963 bits per heavy atom. The van der Waals surface area contributed by atoms with Crippen LogP contribution in [-0.2, 0) is 17.9 Å². The van der Waals surface area contributed by atoms with Crippen molar-refractivity contribution in [1.29, 1.82) is 0 Å². The van der Waals surface area contributed by atoms with Crippen molar-refractivity contribution in [3.05, 3.63) is 56.7 Å². The molecule has 2 aromatic rings. The molecule has 0 unspecified atom stereocenters. The molecule has 1 aliphatic rings. The predicted octanol–water partition coefficient (Wildman–Crippen LogP) is 2.65. The fourth-order valence-corrected chi connectivity index (χ4v) is 4.31. The van der Waals surface area contributed by atoms with Crippen LogP contribution in [0.5, 0.6) is 0 Å². The summed E-state index contributed by atoms with van der Waals surface area (Å²) in [6.45, 7) is 4.12. The molecule has 0 bridgehead atoms. The number of carbonyl (C=O) groups excluding carboxylic acids is 2. The van der Waals surface area contributed by atoms with Gasteiger partial charge in [0.2, 0.25) is 5.91 Å². The van der Waals surface area contributed by atoms with Crippen LogP contribution in [0.4, 0.5) is 4.79 Å². The zero-order chi connectivity index (χ0) is 19.1. The molecule has 1 fully saturated rings. The number of hydrogen-bond donors (Lipinski definition) is 2. The topological polar surface area (TPSA) is 64.7 Å². The van der Waals surface area contributed by atoms with Crippen molar-refractivity contribution in [1.82, 2.24) is 20.4 Å². The van der Waals surface area contributed by atoms with E-state index in [1.165, 1.54) is 0 Å². The Morgan fingerprint density at radius 2 is 1.70 bits per heavy atom. The number of halogens is 1. The third-order valence-corrected chi connectivity index (χ3v) is 6.03. The molecule has 27 heavy (non-hydrogen) atoms. The molecule has 1 saturated heterocycles. The summed E-state index contributed by atoms with van der Waals surface area (Å²) in [5.74, 6) is 0.0139. The summed E-state index contributed by atoms with van der Waals surface area (Å²) in [5, 5.41) is 5.90. The molecule has 1 aromatic carbocycles. The average molecular weight is 451 g/mol. The Kier molecular flexibility index (Phi) is 7.25. The zero-order valence-electron chi connectivity index (χ0n) is 15.0. The first-order chi connectivity index (χ1) is 13.1. The van der Waals surface area contributed by atoms with Gasteiger partial charge in [-0.15, -0.1) is 11.3 Å². The van der Waals surface area contributed by atoms with Gasteiger partial charge in [-0.1, -0.05) is 30.3 Å². The van der Waals surface area contributed by atoms with Crippen molar-refractivity contribution in [2.45, 2.75) is 13.1 Å². The molecule has 2 heterocycles. The number of nitrogens with zero attached hydrogens (tertiary/aromatic N) is 2. The molecule has 6 nitrogen and oxygen atoms in total. The number of nitrogens with one attached hydrogen (secondary N) is 2. The van der Waals surface area contributed by atoms with Gasteiger partial charge >= 0.3 is 6.03 Å². The number of rotatable bonds is 6. The van der Waals surface area contributed by atoms with Crippen molar-refractivity contribution < 1.29 is 9.59 Å². The fourth-order valence-electron chi connectivity index (χ4n) is 2.89. The number of piperazine rings is 1. The van der Waals surface area contributed by atoms with Crippen molar-refractivity contribution in [2.24, 2.45) is 0 Å². The smallest absolute Gasteiger partial charge is 0.317 e. The highest BCUT2D eigenvalue weighted by molar-refractivity contribution is 9.11. The van der Waals surface area contributed by atoms with E-state index in [1.54, 1.807) is 16.2 Å². The molecule has 1 aliphatic heterocycles. The Balaban J connectivity index is 1.34. The van der Waals surface area contributed by atoms with E-state index >= 15 is 0 Å². The van der Waals surface area contributed by atoms with Crippen LogP contribution < -0.4 is 10.6 Å². The molecule has 0 radical (unpaired) electrons. The van der Waals surface area contributed by atoms with E-state index in [0.717, 1.165) is 14.2 Å². The molecule has 0 aliphatic carbocycles. The second-order valence-electron chi connectivity index (χ2n) is 6.39. The Morgan fingerprint density at radius 3 is 2.37 bits per heavy atom. The van der Waals surface area contributed by atoms with Crippen molar-refractivity contribution >= 4 is 39.2 Å². The minimum absolute atomic E-state index is 0.0139. The quantitative estimate of drug-likeness (QED) is 0.710. The minimum atomic E-state index is -0.0484. The number of carbonyl (C=O) groups is 2.